The highest BCUT2D eigenvalue weighted by molar-refractivity contribution is 8.03. The van der Waals surface area contributed by atoms with E-state index >= 15 is 0 Å². The third-order valence-corrected chi connectivity index (χ3v) is 5.93. The van der Waals surface area contributed by atoms with E-state index in [9.17, 15) is 14.9 Å². The number of aryl methyl sites for hydroxylation is 1. The smallest absolute Gasteiger partial charge is 0.234 e. The van der Waals surface area contributed by atoms with Crippen LogP contribution in [0.15, 0.2) is 52.4 Å². The average molecular weight is 383 g/mol. The van der Waals surface area contributed by atoms with E-state index in [4.69, 9.17) is 0 Å². The fraction of sp³-hybridized carbons (Fsp3) is 0.211. The van der Waals surface area contributed by atoms with Crippen LogP contribution in [0.2, 0.25) is 0 Å². The Labute approximate surface area is 160 Å². The van der Waals surface area contributed by atoms with Gasteiger partial charge in [0.25, 0.3) is 0 Å². The number of nitrogens with one attached hydrogen (secondary N) is 2. The second-order valence-electron chi connectivity index (χ2n) is 5.88. The van der Waals surface area contributed by atoms with Gasteiger partial charge in [0.2, 0.25) is 11.8 Å². The van der Waals surface area contributed by atoms with Gasteiger partial charge in [-0.2, -0.15) is 5.26 Å². The number of thiophene rings is 1. The van der Waals surface area contributed by atoms with Crippen LogP contribution in [0.3, 0.4) is 0 Å². The minimum absolute atomic E-state index is 0.117. The summed E-state index contributed by atoms with van der Waals surface area (Å²) in [7, 11) is 0. The van der Waals surface area contributed by atoms with Crippen molar-refractivity contribution in [1.82, 2.24) is 5.32 Å². The minimum atomic E-state index is -0.239. The van der Waals surface area contributed by atoms with E-state index in [2.05, 4.69) is 16.7 Å². The number of thioether (sulfide) groups is 1. The monoisotopic (exact) mass is 383 g/mol. The van der Waals surface area contributed by atoms with Crippen molar-refractivity contribution in [2.24, 2.45) is 0 Å². The molecule has 0 aliphatic carbocycles. The van der Waals surface area contributed by atoms with Crippen LogP contribution in [0, 0.1) is 18.3 Å². The normalized spacial score (nSPS) is 16.8. The molecular formula is C19H17N3O2S2. The Morgan fingerprint density at radius 3 is 2.81 bits per heavy atom. The number of anilines is 1. The molecule has 0 spiro atoms. The van der Waals surface area contributed by atoms with Gasteiger partial charge < -0.3 is 10.6 Å². The Bertz CT molecular complexity index is 881. The van der Waals surface area contributed by atoms with Crippen molar-refractivity contribution >= 4 is 40.6 Å². The van der Waals surface area contributed by atoms with Crippen molar-refractivity contribution in [2.45, 2.75) is 19.3 Å². The van der Waals surface area contributed by atoms with E-state index in [0.717, 1.165) is 16.1 Å². The van der Waals surface area contributed by atoms with Crippen LogP contribution < -0.4 is 10.6 Å². The summed E-state index contributed by atoms with van der Waals surface area (Å²) in [6.07, 6.45) is 0.253. The zero-order valence-electron chi connectivity index (χ0n) is 14.1. The van der Waals surface area contributed by atoms with Gasteiger partial charge in [-0.3, -0.25) is 9.59 Å². The predicted molar refractivity (Wildman–Crippen MR) is 105 cm³/mol. The van der Waals surface area contributed by atoms with Crippen molar-refractivity contribution in [1.29, 1.82) is 5.26 Å². The lowest BCUT2D eigenvalue weighted by molar-refractivity contribution is -0.121. The molecule has 5 nitrogen and oxygen atoms in total. The van der Waals surface area contributed by atoms with Gasteiger partial charge in [0.05, 0.1) is 22.4 Å². The SMILES string of the molecule is Cc1ccc(NC(=O)CSC2=C(C#N)C(c3cccs3)CC(=O)N2)cc1. The summed E-state index contributed by atoms with van der Waals surface area (Å²) < 4.78 is 0. The molecule has 7 heteroatoms. The zero-order valence-corrected chi connectivity index (χ0v) is 15.7. The number of nitrogens with zero attached hydrogens (tertiary/aromatic N) is 1. The lowest BCUT2D eigenvalue weighted by Crippen LogP contribution is -2.31. The fourth-order valence-electron chi connectivity index (χ4n) is 2.64. The van der Waals surface area contributed by atoms with Crippen LogP contribution in [0.25, 0.3) is 0 Å². The van der Waals surface area contributed by atoms with E-state index in [1.807, 2.05) is 48.7 Å². The van der Waals surface area contributed by atoms with Crippen LogP contribution >= 0.6 is 23.1 Å². The Morgan fingerprint density at radius 1 is 1.38 bits per heavy atom. The van der Waals surface area contributed by atoms with Crippen LogP contribution in [0.1, 0.15) is 22.8 Å². The van der Waals surface area contributed by atoms with E-state index in [-0.39, 0.29) is 29.9 Å². The van der Waals surface area contributed by atoms with E-state index < -0.39 is 0 Å². The number of carbonyl (C=O) groups excluding carboxylic acids is 2. The number of hydrogen-bond acceptors (Lipinski definition) is 5. The lowest BCUT2D eigenvalue weighted by Gasteiger charge is -2.23. The number of carbonyl (C=O) groups is 2. The maximum absolute atomic E-state index is 12.2. The molecule has 2 N–H and O–H groups in total. The first-order valence-corrected chi connectivity index (χ1v) is 9.90. The molecule has 0 saturated heterocycles. The number of benzene rings is 1. The Morgan fingerprint density at radius 2 is 2.15 bits per heavy atom. The molecule has 1 atom stereocenters. The molecule has 0 saturated carbocycles. The van der Waals surface area contributed by atoms with Crippen molar-refractivity contribution in [3.63, 3.8) is 0 Å². The maximum atomic E-state index is 12.2. The highest BCUT2D eigenvalue weighted by Gasteiger charge is 2.30. The molecule has 1 aliphatic heterocycles. The van der Waals surface area contributed by atoms with Crippen LogP contribution in [-0.4, -0.2) is 17.6 Å². The Kier molecular flexibility index (Phi) is 5.76. The molecule has 3 rings (SSSR count). The highest BCUT2D eigenvalue weighted by Crippen LogP contribution is 2.37. The number of hydrogen-bond donors (Lipinski definition) is 2. The van der Waals surface area contributed by atoms with Crippen molar-refractivity contribution in [2.75, 3.05) is 11.1 Å². The van der Waals surface area contributed by atoms with E-state index in [1.54, 1.807) is 0 Å². The molecular weight excluding hydrogens is 366 g/mol. The first kappa shape index (κ1) is 18.2. The lowest BCUT2D eigenvalue weighted by atomic mass is 9.93. The van der Waals surface area contributed by atoms with Gasteiger partial charge in [-0.05, 0) is 30.5 Å². The van der Waals surface area contributed by atoms with Gasteiger partial charge in [0.15, 0.2) is 0 Å². The molecule has 26 heavy (non-hydrogen) atoms. The Hall–Kier alpha value is -2.56. The summed E-state index contributed by atoms with van der Waals surface area (Å²) in [5, 5.41) is 17.5. The number of amides is 2. The summed E-state index contributed by atoms with van der Waals surface area (Å²) in [5.74, 6) is -0.442. The van der Waals surface area contributed by atoms with Gasteiger partial charge >= 0.3 is 0 Å². The molecule has 2 amide bonds. The predicted octanol–water partition coefficient (Wildman–Crippen LogP) is 3.77. The molecule has 132 valence electrons. The van der Waals surface area contributed by atoms with Gasteiger partial charge in [-0.1, -0.05) is 35.5 Å². The van der Waals surface area contributed by atoms with Crippen LogP contribution in [0.4, 0.5) is 5.69 Å². The summed E-state index contributed by atoms with van der Waals surface area (Å²) in [6, 6.07) is 13.6. The van der Waals surface area contributed by atoms with Crippen molar-refractivity contribution in [3.8, 4) is 6.07 Å². The minimum Gasteiger partial charge on any atom is -0.325 e. The first-order valence-electron chi connectivity index (χ1n) is 8.03. The molecule has 1 aromatic carbocycles. The Balaban J connectivity index is 1.70. The van der Waals surface area contributed by atoms with Gasteiger partial charge in [-0.15, -0.1) is 11.3 Å². The number of rotatable bonds is 5. The van der Waals surface area contributed by atoms with E-state index in [0.29, 0.717) is 10.6 Å². The van der Waals surface area contributed by atoms with Gasteiger partial charge in [-0.25, -0.2) is 0 Å². The number of allylic oxidation sites excluding steroid dienone is 1. The number of nitriles is 1. The molecule has 1 aliphatic rings. The molecule has 0 bridgehead atoms. The molecule has 2 heterocycles. The largest absolute Gasteiger partial charge is 0.325 e. The summed E-state index contributed by atoms with van der Waals surface area (Å²) in [5.41, 5.74) is 2.35. The van der Waals surface area contributed by atoms with Crippen LogP contribution in [-0.2, 0) is 9.59 Å². The molecule has 2 aromatic rings. The molecule has 0 fully saturated rings. The highest BCUT2D eigenvalue weighted by atomic mass is 32.2. The fourth-order valence-corrected chi connectivity index (χ4v) is 4.35. The second kappa shape index (κ2) is 8.21. The van der Waals surface area contributed by atoms with Crippen molar-refractivity contribution in [3.05, 3.63) is 62.8 Å². The third kappa shape index (κ3) is 4.34. The molecule has 1 aromatic heterocycles. The summed E-state index contributed by atoms with van der Waals surface area (Å²) in [6.45, 7) is 1.98. The summed E-state index contributed by atoms with van der Waals surface area (Å²) >= 11 is 2.71. The molecule has 1 unspecified atom stereocenters. The van der Waals surface area contributed by atoms with Gasteiger partial charge in [0, 0.05) is 22.9 Å². The quantitative estimate of drug-likeness (QED) is 0.823. The van der Waals surface area contributed by atoms with Crippen molar-refractivity contribution < 1.29 is 9.59 Å². The molecule has 0 radical (unpaired) electrons. The van der Waals surface area contributed by atoms with Crippen LogP contribution in [0.5, 0.6) is 0 Å². The standard InChI is InChI=1S/C19H17N3O2S2/c1-12-4-6-13(7-5-12)21-18(24)11-26-19-15(10-20)14(9-17(23)22-19)16-3-2-8-25-16/h2-8,14H,9,11H2,1H3,(H,21,24)(H,22,23). The zero-order chi connectivity index (χ0) is 18.5. The van der Waals surface area contributed by atoms with E-state index in [1.165, 1.54) is 23.1 Å². The first-order chi connectivity index (χ1) is 12.6. The second-order valence-corrected chi connectivity index (χ2v) is 7.84. The summed E-state index contributed by atoms with van der Waals surface area (Å²) in [4.78, 5) is 25.2. The van der Waals surface area contributed by atoms with Gasteiger partial charge in [0.1, 0.15) is 0 Å². The third-order valence-electron chi connectivity index (χ3n) is 3.93. The topological polar surface area (TPSA) is 82.0 Å². The maximum Gasteiger partial charge on any atom is 0.234 e. The average Bonchev–Trinajstić information content (AvgIpc) is 3.16.